The Labute approximate surface area is 84.2 Å². The van der Waals surface area contributed by atoms with Gasteiger partial charge in [0.05, 0.1) is 12.5 Å². The fourth-order valence-corrected chi connectivity index (χ4v) is 1.52. The standard InChI is InChI=1S/C10H18O4/c1-8(6-10(11)12)14-7-9-2-4-13-5-3-9/h8-9H,2-7H2,1H3,(H,11,12). The van der Waals surface area contributed by atoms with E-state index in [2.05, 4.69) is 0 Å². The third-order valence-electron chi connectivity index (χ3n) is 2.42. The Balaban J connectivity index is 2.09. The number of carboxylic acids is 1. The molecule has 4 nitrogen and oxygen atoms in total. The second kappa shape index (κ2) is 5.98. The zero-order chi connectivity index (χ0) is 10.4. The molecule has 0 amide bonds. The van der Waals surface area contributed by atoms with Gasteiger partial charge in [-0.3, -0.25) is 4.79 Å². The predicted octanol–water partition coefficient (Wildman–Crippen LogP) is 1.29. The van der Waals surface area contributed by atoms with Crippen molar-refractivity contribution >= 4 is 5.97 Å². The summed E-state index contributed by atoms with van der Waals surface area (Å²) in [6, 6.07) is 0. The van der Waals surface area contributed by atoms with E-state index in [1.807, 2.05) is 0 Å². The van der Waals surface area contributed by atoms with E-state index < -0.39 is 5.97 Å². The van der Waals surface area contributed by atoms with Crippen LogP contribution in [0.1, 0.15) is 26.2 Å². The maximum absolute atomic E-state index is 10.4. The Bertz CT molecular complexity index is 175. The zero-order valence-electron chi connectivity index (χ0n) is 8.57. The zero-order valence-corrected chi connectivity index (χ0v) is 8.57. The number of aliphatic carboxylic acids is 1. The van der Waals surface area contributed by atoms with Crippen molar-refractivity contribution < 1.29 is 19.4 Å². The minimum Gasteiger partial charge on any atom is -0.481 e. The molecule has 82 valence electrons. The maximum atomic E-state index is 10.4. The van der Waals surface area contributed by atoms with E-state index in [0.29, 0.717) is 12.5 Å². The average molecular weight is 202 g/mol. The molecule has 1 heterocycles. The molecule has 0 spiro atoms. The summed E-state index contributed by atoms with van der Waals surface area (Å²) in [5, 5.41) is 8.52. The molecule has 0 aliphatic carbocycles. The minimum atomic E-state index is -0.801. The smallest absolute Gasteiger partial charge is 0.305 e. The van der Waals surface area contributed by atoms with Crippen LogP contribution in [0.5, 0.6) is 0 Å². The molecule has 14 heavy (non-hydrogen) atoms. The topological polar surface area (TPSA) is 55.8 Å². The van der Waals surface area contributed by atoms with Gasteiger partial charge in [0.25, 0.3) is 0 Å². The van der Waals surface area contributed by atoms with Crippen LogP contribution in [0.4, 0.5) is 0 Å². The summed E-state index contributed by atoms with van der Waals surface area (Å²) in [6.07, 6.45) is 1.96. The molecule has 1 rings (SSSR count). The highest BCUT2D eigenvalue weighted by atomic mass is 16.5. The lowest BCUT2D eigenvalue weighted by Crippen LogP contribution is -2.23. The van der Waals surface area contributed by atoms with Crippen LogP contribution in [0.3, 0.4) is 0 Å². The van der Waals surface area contributed by atoms with Gasteiger partial charge in [0.1, 0.15) is 0 Å². The fraction of sp³-hybridized carbons (Fsp3) is 0.900. The van der Waals surface area contributed by atoms with Gasteiger partial charge in [0.15, 0.2) is 0 Å². The maximum Gasteiger partial charge on any atom is 0.305 e. The van der Waals surface area contributed by atoms with Gasteiger partial charge in [-0.05, 0) is 25.7 Å². The highest BCUT2D eigenvalue weighted by molar-refractivity contribution is 5.67. The summed E-state index contributed by atoms with van der Waals surface area (Å²) in [6.45, 7) is 4.08. The molecule has 1 aliphatic rings. The van der Waals surface area contributed by atoms with Crippen molar-refractivity contribution in [1.82, 2.24) is 0 Å². The molecule has 4 heteroatoms. The molecule has 0 aromatic carbocycles. The van der Waals surface area contributed by atoms with E-state index in [1.165, 1.54) is 0 Å². The lowest BCUT2D eigenvalue weighted by molar-refractivity contribution is -0.140. The van der Waals surface area contributed by atoms with Crippen molar-refractivity contribution in [2.75, 3.05) is 19.8 Å². The molecule has 0 radical (unpaired) electrons. The summed E-state index contributed by atoms with van der Waals surface area (Å²) >= 11 is 0. The summed E-state index contributed by atoms with van der Waals surface area (Å²) in [5.41, 5.74) is 0. The average Bonchev–Trinajstić information content (AvgIpc) is 2.15. The third kappa shape index (κ3) is 4.58. The largest absolute Gasteiger partial charge is 0.481 e. The van der Waals surface area contributed by atoms with Crippen molar-refractivity contribution in [2.24, 2.45) is 5.92 Å². The number of rotatable bonds is 5. The molecule has 1 atom stereocenters. The quantitative estimate of drug-likeness (QED) is 0.730. The van der Waals surface area contributed by atoms with Crippen molar-refractivity contribution in [3.8, 4) is 0 Å². The molecule has 1 unspecified atom stereocenters. The number of ether oxygens (including phenoxy) is 2. The summed E-state index contributed by atoms with van der Waals surface area (Å²) in [5.74, 6) is -0.260. The van der Waals surface area contributed by atoms with Crippen molar-refractivity contribution in [3.05, 3.63) is 0 Å². The molecular formula is C10H18O4. The van der Waals surface area contributed by atoms with Crippen LogP contribution < -0.4 is 0 Å². The Hall–Kier alpha value is -0.610. The Morgan fingerprint density at radius 3 is 2.79 bits per heavy atom. The van der Waals surface area contributed by atoms with Crippen LogP contribution in [0.25, 0.3) is 0 Å². The normalized spacial score (nSPS) is 20.6. The molecule has 0 aromatic heterocycles. The SMILES string of the molecule is CC(CC(=O)O)OCC1CCOCC1. The molecule has 0 saturated carbocycles. The molecule has 1 aliphatic heterocycles. The van der Waals surface area contributed by atoms with Crippen LogP contribution in [0.2, 0.25) is 0 Å². The van der Waals surface area contributed by atoms with Gasteiger partial charge < -0.3 is 14.6 Å². The van der Waals surface area contributed by atoms with Gasteiger partial charge in [-0.1, -0.05) is 0 Å². The van der Waals surface area contributed by atoms with Gasteiger partial charge in [-0.2, -0.15) is 0 Å². The summed E-state index contributed by atoms with van der Waals surface area (Å²) in [7, 11) is 0. The molecule has 1 saturated heterocycles. The molecule has 1 fully saturated rings. The Kier molecular flexibility index (Phi) is 4.90. The fourth-order valence-electron chi connectivity index (χ4n) is 1.52. The lowest BCUT2D eigenvalue weighted by Gasteiger charge is -2.23. The first-order valence-corrected chi connectivity index (χ1v) is 5.09. The summed E-state index contributed by atoms with van der Waals surface area (Å²) in [4.78, 5) is 10.4. The Morgan fingerprint density at radius 2 is 2.21 bits per heavy atom. The first-order valence-electron chi connectivity index (χ1n) is 5.09. The van der Waals surface area contributed by atoms with E-state index in [1.54, 1.807) is 6.92 Å². The van der Waals surface area contributed by atoms with Crippen molar-refractivity contribution in [2.45, 2.75) is 32.3 Å². The van der Waals surface area contributed by atoms with E-state index >= 15 is 0 Å². The first-order chi connectivity index (χ1) is 6.68. The van der Waals surface area contributed by atoms with Crippen LogP contribution >= 0.6 is 0 Å². The van der Waals surface area contributed by atoms with E-state index in [9.17, 15) is 4.79 Å². The van der Waals surface area contributed by atoms with Crippen molar-refractivity contribution in [1.29, 1.82) is 0 Å². The second-order valence-electron chi connectivity index (χ2n) is 3.80. The van der Waals surface area contributed by atoms with Crippen LogP contribution in [0.15, 0.2) is 0 Å². The van der Waals surface area contributed by atoms with Gasteiger partial charge in [-0.15, -0.1) is 0 Å². The Morgan fingerprint density at radius 1 is 1.57 bits per heavy atom. The highest BCUT2D eigenvalue weighted by Crippen LogP contribution is 2.15. The number of carboxylic acid groups (broad SMARTS) is 1. The van der Waals surface area contributed by atoms with E-state index in [-0.39, 0.29) is 12.5 Å². The summed E-state index contributed by atoms with van der Waals surface area (Å²) < 4.78 is 10.7. The molecule has 0 bridgehead atoms. The number of hydrogen-bond donors (Lipinski definition) is 1. The van der Waals surface area contributed by atoms with E-state index in [4.69, 9.17) is 14.6 Å². The first kappa shape index (κ1) is 11.5. The van der Waals surface area contributed by atoms with Crippen LogP contribution in [-0.4, -0.2) is 37.0 Å². The molecule has 0 aromatic rings. The monoisotopic (exact) mass is 202 g/mol. The lowest BCUT2D eigenvalue weighted by atomic mass is 10.0. The van der Waals surface area contributed by atoms with Gasteiger partial charge >= 0.3 is 5.97 Å². The van der Waals surface area contributed by atoms with Crippen molar-refractivity contribution in [3.63, 3.8) is 0 Å². The van der Waals surface area contributed by atoms with Crippen LogP contribution in [-0.2, 0) is 14.3 Å². The van der Waals surface area contributed by atoms with Gasteiger partial charge in [-0.25, -0.2) is 0 Å². The molecular weight excluding hydrogens is 184 g/mol. The second-order valence-corrected chi connectivity index (χ2v) is 3.80. The predicted molar refractivity (Wildman–Crippen MR) is 51.2 cm³/mol. The third-order valence-corrected chi connectivity index (χ3v) is 2.42. The van der Waals surface area contributed by atoms with Gasteiger partial charge in [0, 0.05) is 19.8 Å². The highest BCUT2D eigenvalue weighted by Gasteiger charge is 2.16. The molecule has 1 N–H and O–H groups in total. The van der Waals surface area contributed by atoms with E-state index in [0.717, 1.165) is 26.1 Å². The van der Waals surface area contributed by atoms with Crippen LogP contribution in [0, 0.1) is 5.92 Å². The number of hydrogen-bond acceptors (Lipinski definition) is 3. The van der Waals surface area contributed by atoms with Gasteiger partial charge in [0.2, 0.25) is 0 Å². The minimum absolute atomic E-state index is 0.0865. The number of carbonyl (C=O) groups is 1.